The van der Waals surface area contributed by atoms with E-state index < -0.39 is 9.84 Å². The predicted molar refractivity (Wildman–Crippen MR) is 94.2 cm³/mol. The first-order valence-electron chi connectivity index (χ1n) is 7.26. The van der Waals surface area contributed by atoms with Gasteiger partial charge < -0.3 is 0 Å². The number of halogens is 1. The summed E-state index contributed by atoms with van der Waals surface area (Å²) in [5.41, 5.74) is 1.36. The van der Waals surface area contributed by atoms with Crippen molar-refractivity contribution in [1.29, 1.82) is 0 Å². The second kappa shape index (κ2) is 6.43. The Hall–Kier alpha value is -0.690. The van der Waals surface area contributed by atoms with Crippen molar-refractivity contribution < 1.29 is 8.42 Å². The van der Waals surface area contributed by atoms with Crippen LogP contribution in [0.5, 0.6) is 0 Å². The molecule has 1 aliphatic rings. The minimum absolute atomic E-state index is 0.165. The molecule has 3 nitrogen and oxygen atoms in total. The van der Waals surface area contributed by atoms with Crippen molar-refractivity contribution in [2.24, 2.45) is 0 Å². The summed E-state index contributed by atoms with van der Waals surface area (Å²) in [7, 11) is -3.22. The van der Waals surface area contributed by atoms with E-state index in [1.54, 1.807) is 35.6 Å². The lowest BCUT2D eigenvalue weighted by Gasteiger charge is -2.33. The molecule has 1 atom stereocenters. The quantitative estimate of drug-likeness (QED) is 0.781. The summed E-state index contributed by atoms with van der Waals surface area (Å²) in [6.07, 6.45) is 1.02. The lowest BCUT2D eigenvalue weighted by Crippen LogP contribution is -2.36. The van der Waals surface area contributed by atoms with Gasteiger partial charge in [0.25, 0.3) is 0 Å². The van der Waals surface area contributed by atoms with E-state index in [1.807, 2.05) is 0 Å². The lowest BCUT2D eigenvalue weighted by molar-refractivity contribution is 0.212. The van der Waals surface area contributed by atoms with E-state index >= 15 is 0 Å². The zero-order valence-electron chi connectivity index (χ0n) is 12.3. The molecule has 6 heteroatoms. The number of rotatable bonds is 4. The molecule has 1 aliphatic heterocycles. The molecule has 0 fully saturated rings. The van der Waals surface area contributed by atoms with Crippen molar-refractivity contribution >= 4 is 37.1 Å². The Morgan fingerprint density at radius 3 is 2.73 bits per heavy atom. The van der Waals surface area contributed by atoms with Gasteiger partial charge in [0.15, 0.2) is 9.84 Å². The topological polar surface area (TPSA) is 37.4 Å². The van der Waals surface area contributed by atoms with Crippen LogP contribution in [0.3, 0.4) is 0 Å². The normalized spacial score (nSPS) is 19.1. The van der Waals surface area contributed by atoms with Crippen LogP contribution in [0.2, 0.25) is 0 Å². The van der Waals surface area contributed by atoms with E-state index in [-0.39, 0.29) is 5.75 Å². The number of hydrogen-bond donors (Lipinski definition) is 0. The second-order valence-electron chi connectivity index (χ2n) is 5.53. The molecule has 2 heterocycles. The van der Waals surface area contributed by atoms with Gasteiger partial charge >= 0.3 is 0 Å². The van der Waals surface area contributed by atoms with Gasteiger partial charge in [-0.1, -0.05) is 15.9 Å². The van der Waals surface area contributed by atoms with Crippen LogP contribution in [0.25, 0.3) is 0 Å². The van der Waals surface area contributed by atoms with Crippen LogP contribution < -0.4 is 0 Å². The summed E-state index contributed by atoms with van der Waals surface area (Å²) in [5.74, 6) is 0.165. The van der Waals surface area contributed by atoms with Crippen LogP contribution in [-0.4, -0.2) is 32.2 Å². The third-order valence-electron chi connectivity index (χ3n) is 4.22. The first-order chi connectivity index (χ1) is 10.5. The first kappa shape index (κ1) is 16.2. The number of sulfone groups is 1. The average Bonchev–Trinajstić information content (AvgIpc) is 2.96. The van der Waals surface area contributed by atoms with E-state index in [9.17, 15) is 8.42 Å². The summed E-state index contributed by atoms with van der Waals surface area (Å²) in [4.78, 5) is 4.11. The van der Waals surface area contributed by atoms with E-state index in [0.29, 0.717) is 17.5 Å². The van der Waals surface area contributed by atoms with Crippen molar-refractivity contribution in [3.05, 3.63) is 50.6 Å². The standard InChI is InChI=1S/C16H18BrNO2S2/c1-12-15-7-10-21-16(15)6-8-18(12)9-11-22(19,20)14-4-2-13(17)3-5-14/h2-5,7,10,12H,6,8-9,11H2,1H3. The van der Waals surface area contributed by atoms with Crippen LogP contribution in [0.4, 0.5) is 0 Å². The Bertz CT molecular complexity index is 753. The summed E-state index contributed by atoms with van der Waals surface area (Å²) in [6, 6.07) is 9.34. The van der Waals surface area contributed by atoms with Gasteiger partial charge in [-0.15, -0.1) is 11.3 Å². The van der Waals surface area contributed by atoms with Crippen LogP contribution in [-0.2, 0) is 16.3 Å². The zero-order valence-corrected chi connectivity index (χ0v) is 15.5. The molecule has 2 aromatic rings. The Kier molecular flexibility index (Phi) is 4.73. The fourth-order valence-corrected chi connectivity index (χ4v) is 5.35. The Morgan fingerprint density at radius 1 is 1.27 bits per heavy atom. The molecular weight excluding hydrogens is 382 g/mol. The largest absolute Gasteiger partial charge is 0.295 e. The highest BCUT2D eigenvalue weighted by Gasteiger charge is 2.26. The van der Waals surface area contributed by atoms with Gasteiger partial charge in [-0.2, -0.15) is 0 Å². The molecule has 118 valence electrons. The van der Waals surface area contributed by atoms with E-state index in [2.05, 4.69) is 39.2 Å². The Labute approximate surface area is 144 Å². The van der Waals surface area contributed by atoms with Crippen LogP contribution >= 0.6 is 27.3 Å². The van der Waals surface area contributed by atoms with Gasteiger partial charge in [-0.3, -0.25) is 4.90 Å². The first-order valence-corrected chi connectivity index (χ1v) is 10.6. The molecule has 22 heavy (non-hydrogen) atoms. The minimum Gasteiger partial charge on any atom is -0.295 e. The monoisotopic (exact) mass is 399 g/mol. The fourth-order valence-electron chi connectivity index (χ4n) is 2.86. The lowest BCUT2D eigenvalue weighted by atomic mass is 10.0. The average molecular weight is 400 g/mol. The minimum atomic E-state index is -3.22. The maximum Gasteiger partial charge on any atom is 0.179 e. The second-order valence-corrected chi connectivity index (χ2v) is 9.56. The highest BCUT2D eigenvalue weighted by Crippen LogP contribution is 2.32. The maximum absolute atomic E-state index is 12.4. The molecule has 0 amide bonds. The van der Waals surface area contributed by atoms with Crippen LogP contribution in [0.1, 0.15) is 23.4 Å². The SMILES string of the molecule is CC1c2ccsc2CCN1CCS(=O)(=O)c1ccc(Br)cc1. The fraction of sp³-hybridized carbons (Fsp3) is 0.375. The third-order valence-corrected chi connectivity index (χ3v) is 7.46. The van der Waals surface area contributed by atoms with Crippen molar-refractivity contribution in [1.82, 2.24) is 4.90 Å². The van der Waals surface area contributed by atoms with Gasteiger partial charge in [0.05, 0.1) is 10.6 Å². The number of benzene rings is 1. The Morgan fingerprint density at radius 2 is 2.00 bits per heavy atom. The van der Waals surface area contributed by atoms with Gasteiger partial charge in [0.1, 0.15) is 0 Å². The van der Waals surface area contributed by atoms with Gasteiger partial charge in [-0.05, 0) is 54.6 Å². The summed E-state index contributed by atoms with van der Waals surface area (Å²) < 4.78 is 25.8. The van der Waals surface area contributed by atoms with Gasteiger partial charge in [0, 0.05) is 28.5 Å². The molecule has 0 radical (unpaired) electrons. The third kappa shape index (κ3) is 3.30. The van der Waals surface area contributed by atoms with Crippen LogP contribution in [0, 0.1) is 0 Å². The molecule has 0 bridgehead atoms. The highest BCUT2D eigenvalue weighted by molar-refractivity contribution is 9.10. The zero-order chi connectivity index (χ0) is 15.7. The van der Waals surface area contributed by atoms with E-state index in [4.69, 9.17) is 0 Å². The number of hydrogen-bond acceptors (Lipinski definition) is 4. The Balaban J connectivity index is 1.69. The summed E-state index contributed by atoms with van der Waals surface area (Å²) in [6.45, 7) is 3.68. The molecule has 0 spiro atoms. The van der Waals surface area contributed by atoms with E-state index in [1.165, 1.54) is 10.4 Å². The van der Waals surface area contributed by atoms with Crippen molar-refractivity contribution in [3.63, 3.8) is 0 Å². The molecule has 3 rings (SSSR count). The molecule has 0 saturated heterocycles. The van der Waals surface area contributed by atoms with Crippen molar-refractivity contribution in [3.8, 4) is 0 Å². The number of fused-ring (bicyclic) bond motifs is 1. The molecule has 0 N–H and O–H groups in total. The molecule has 0 saturated carbocycles. The molecule has 0 aliphatic carbocycles. The molecule has 1 unspecified atom stereocenters. The maximum atomic E-state index is 12.4. The summed E-state index contributed by atoms with van der Waals surface area (Å²) >= 11 is 5.13. The van der Waals surface area contributed by atoms with Crippen molar-refractivity contribution in [2.75, 3.05) is 18.8 Å². The van der Waals surface area contributed by atoms with Gasteiger partial charge in [0.2, 0.25) is 0 Å². The molecule has 1 aromatic heterocycles. The molecule has 1 aromatic carbocycles. The number of nitrogens with zero attached hydrogens (tertiary/aromatic N) is 1. The predicted octanol–water partition coefficient (Wildman–Crippen LogP) is 3.90. The molecular formula is C16H18BrNO2S2. The smallest absolute Gasteiger partial charge is 0.179 e. The van der Waals surface area contributed by atoms with Crippen molar-refractivity contribution in [2.45, 2.75) is 24.3 Å². The van der Waals surface area contributed by atoms with Crippen LogP contribution in [0.15, 0.2) is 45.1 Å². The van der Waals surface area contributed by atoms with Gasteiger partial charge in [-0.25, -0.2) is 8.42 Å². The van der Waals surface area contributed by atoms with E-state index in [0.717, 1.165) is 17.4 Å². The highest BCUT2D eigenvalue weighted by atomic mass is 79.9. The number of thiophene rings is 1. The summed E-state index contributed by atoms with van der Waals surface area (Å²) in [5, 5.41) is 2.13.